The Labute approximate surface area is 238 Å². The molecule has 212 valence electrons. The number of aryl methyl sites for hydroxylation is 1. The van der Waals surface area contributed by atoms with Crippen molar-refractivity contribution in [1.29, 1.82) is 0 Å². The molecule has 3 aromatic rings. The summed E-state index contributed by atoms with van der Waals surface area (Å²) in [4.78, 5) is 26.5. The molecule has 4 atom stereocenters. The third-order valence-corrected chi connectivity index (χ3v) is 7.37. The predicted molar refractivity (Wildman–Crippen MR) is 158 cm³/mol. The second-order valence-corrected chi connectivity index (χ2v) is 11.8. The molecule has 1 aliphatic rings. The second-order valence-electron chi connectivity index (χ2n) is 11.8. The fourth-order valence-corrected chi connectivity index (χ4v) is 5.44. The van der Waals surface area contributed by atoms with Crippen LogP contribution in [0.4, 0.5) is 4.79 Å². The Balaban J connectivity index is 1.54. The number of aliphatic hydroxyl groups is 1. The number of carbonyl (C=O) groups excluding carboxylic acids is 2. The van der Waals surface area contributed by atoms with Crippen LogP contribution in [-0.4, -0.2) is 34.9 Å². The summed E-state index contributed by atoms with van der Waals surface area (Å²) in [6, 6.07) is 27.2. The molecule has 6 nitrogen and oxygen atoms in total. The van der Waals surface area contributed by atoms with E-state index in [0.717, 1.165) is 30.4 Å². The van der Waals surface area contributed by atoms with E-state index in [-0.39, 0.29) is 18.4 Å². The molecule has 2 amide bonds. The molecule has 1 unspecified atom stereocenters. The number of nitrogens with one attached hydrogen (secondary N) is 2. The Kier molecular flexibility index (Phi) is 9.99. The van der Waals surface area contributed by atoms with Gasteiger partial charge in [-0.15, -0.1) is 0 Å². The van der Waals surface area contributed by atoms with Gasteiger partial charge in [-0.3, -0.25) is 4.79 Å². The molecule has 3 N–H and O–H groups in total. The molecule has 0 radical (unpaired) electrons. The Bertz CT molecular complexity index is 1240. The molecule has 3 aromatic carbocycles. The van der Waals surface area contributed by atoms with Gasteiger partial charge in [0.15, 0.2) is 0 Å². The number of amides is 2. The first-order valence-electron chi connectivity index (χ1n) is 14.3. The number of carbonyl (C=O) groups is 2. The maximum Gasteiger partial charge on any atom is 0.407 e. The Morgan fingerprint density at radius 3 is 2.15 bits per heavy atom. The van der Waals surface area contributed by atoms with Crippen LogP contribution in [0.25, 0.3) is 0 Å². The number of alkyl carbamates (subject to hydrolysis) is 1. The molecule has 0 bridgehead atoms. The zero-order valence-corrected chi connectivity index (χ0v) is 23.8. The van der Waals surface area contributed by atoms with E-state index in [1.165, 1.54) is 11.1 Å². The average Bonchev–Trinajstić information content (AvgIpc) is 2.92. The molecular weight excluding hydrogens is 500 g/mol. The number of rotatable bonds is 10. The molecule has 0 aliphatic heterocycles. The lowest BCUT2D eigenvalue weighted by atomic mass is 9.85. The van der Waals surface area contributed by atoms with Gasteiger partial charge < -0.3 is 20.5 Å². The van der Waals surface area contributed by atoms with Crippen molar-refractivity contribution in [2.75, 3.05) is 0 Å². The molecule has 6 heteroatoms. The van der Waals surface area contributed by atoms with Crippen LogP contribution in [0.2, 0.25) is 0 Å². The van der Waals surface area contributed by atoms with Crippen LogP contribution in [0.3, 0.4) is 0 Å². The monoisotopic (exact) mass is 542 g/mol. The van der Waals surface area contributed by atoms with E-state index in [0.29, 0.717) is 12.8 Å². The minimum Gasteiger partial charge on any atom is -0.444 e. The summed E-state index contributed by atoms with van der Waals surface area (Å²) in [7, 11) is 0. The molecule has 0 fully saturated rings. The minimum atomic E-state index is -0.967. The van der Waals surface area contributed by atoms with Gasteiger partial charge in [-0.2, -0.15) is 0 Å². The Hall–Kier alpha value is -3.64. The van der Waals surface area contributed by atoms with Crippen molar-refractivity contribution in [3.63, 3.8) is 0 Å². The van der Waals surface area contributed by atoms with Gasteiger partial charge in [-0.1, -0.05) is 84.9 Å². The van der Waals surface area contributed by atoms with Gasteiger partial charge in [0.05, 0.1) is 18.2 Å². The molecule has 4 rings (SSSR count). The van der Waals surface area contributed by atoms with Gasteiger partial charge in [-0.25, -0.2) is 4.79 Å². The number of hydrogen-bond donors (Lipinski definition) is 3. The van der Waals surface area contributed by atoms with E-state index in [1.807, 2.05) is 72.8 Å². The fourth-order valence-electron chi connectivity index (χ4n) is 5.44. The van der Waals surface area contributed by atoms with Crippen molar-refractivity contribution < 1.29 is 19.4 Å². The van der Waals surface area contributed by atoms with Gasteiger partial charge in [0, 0.05) is 5.92 Å². The smallest absolute Gasteiger partial charge is 0.407 e. The standard InChI is InChI=1S/C34H42N2O4/c1-34(2,3)40-33(39)36-30(22-25-15-8-5-9-16-25)31(37)23-27(21-24-13-6-4-7-14-24)32(38)35-29-20-12-18-26-17-10-11-19-28(26)29/h4-11,13-17,19,27,29-31,37H,12,18,20-23H2,1-3H3,(H,35,38)(H,36,39)/t27-,29?,30-,31-/m0/s1. The normalized spacial score (nSPS) is 17.1. The first-order valence-corrected chi connectivity index (χ1v) is 14.3. The molecule has 0 spiro atoms. The van der Waals surface area contributed by atoms with E-state index in [1.54, 1.807) is 20.8 Å². The summed E-state index contributed by atoms with van der Waals surface area (Å²) in [5.74, 6) is -0.564. The van der Waals surface area contributed by atoms with E-state index in [2.05, 4.69) is 22.8 Å². The van der Waals surface area contributed by atoms with Gasteiger partial charge in [0.1, 0.15) is 5.60 Å². The van der Waals surface area contributed by atoms with Crippen LogP contribution >= 0.6 is 0 Å². The summed E-state index contributed by atoms with van der Waals surface area (Å²) < 4.78 is 5.50. The molecule has 0 saturated heterocycles. The first kappa shape index (κ1) is 29.3. The molecule has 40 heavy (non-hydrogen) atoms. The molecular formula is C34H42N2O4. The van der Waals surface area contributed by atoms with Crippen LogP contribution in [-0.2, 0) is 28.8 Å². The Morgan fingerprint density at radius 2 is 1.50 bits per heavy atom. The van der Waals surface area contributed by atoms with Gasteiger partial charge in [0.2, 0.25) is 5.91 Å². The zero-order valence-electron chi connectivity index (χ0n) is 23.8. The highest BCUT2D eigenvalue weighted by atomic mass is 16.6. The number of ether oxygens (including phenoxy) is 1. The highest BCUT2D eigenvalue weighted by Crippen LogP contribution is 2.30. The summed E-state index contributed by atoms with van der Waals surface area (Å²) in [5, 5.41) is 17.7. The van der Waals surface area contributed by atoms with E-state index < -0.39 is 29.8 Å². The molecule has 0 saturated carbocycles. The van der Waals surface area contributed by atoms with E-state index in [9.17, 15) is 14.7 Å². The third kappa shape index (κ3) is 8.68. The van der Waals surface area contributed by atoms with Crippen molar-refractivity contribution in [3.05, 3.63) is 107 Å². The van der Waals surface area contributed by atoms with Crippen molar-refractivity contribution in [2.24, 2.45) is 5.92 Å². The third-order valence-electron chi connectivity index (χ3n) is 7.37. The number of hydrogen-bond acceptors (Lipinski definition) is 4. The molecule has 0 heterocycles. The summed E-state index contributed by atoms with van der Waals surface area (Å²) in [6.07, 6.45) is 2.47. The average molecular weight is 543 g/mol. The van der Waals surface area contributed by atoms with E-state index >= 15 is 0 Å². The summed E-state index contributed by atoms with van der Waals surface area (Å²) in [5.41, 5.74) is 3.79. The van der Waals surface area contributed by atoms with Crippen molar-refractivity contribution in [1.82, 2.24) is 10.6 Å². The number of aliphatic hydroxyl groups excluding tert-OH is 1. The van der Waals surface area contributed by atoms with Crippen molar-refractivity contribution in [3.8, 4) is 0 Å². The fraction of sp³-hybridized carbons (Fsp3) is 0.412. The quantitative estimate of drug-likeness (QED) is 0.297. The lowest BCUT2D eigenvalue weighted by molar-refractivity contribution is -0.127. The number of fused-ring (bicyclic) bond motifs is 1. The van der Waals surface area contributed by atoms with Gasteiger partial charge in [-0.05, 0) is 81.5 Å². The van der Waals surface area contributed by atoms with Crippen LogP contribution in [0.15, 0.2) is 84.9 Å². The van der Waals surface area contributed by atoms with E-state index in [4.69, 9.17) is 4.74 Å². The highest BCUT2D eigenvalue weighted by Gasteiger charge is 2.31. The minimum absolute atomic E-state index is 0.0483. The highest BCUT2D eigenvalue weighted by molar-refractivity contribution is 5.79. The maximum atomic E-state index is 13.8. The predicted octanol–water partition coefficient (Wildman–Crippen LogP) is 5.93. The SMILES string of the molecule is CC(C)(C)OC(=O)N[C@@H](Cc1ccccc1)[C@@H](O)C[C@H](Cc1ccccc1)C(=O)NC1CCCc2ccccc21. The number of benzene rings is 3. The topological polar surface area (TPSA) is 87.7 Å². The Morgan fingerprint density at radius 1 is 0.900 bits per heavy atom. The molecule has 0 aromatic heterocycles. The summed E-state index contributed by atoms with van der Waals surface area (Å²) >= 11 is 0. The van der Waals surface area contributed by atoms with Crippen LogP contribution in [0.5, 0.6) is 0 Å². The lowest BCUT2D eigenvalue weighted by Gasteiger charge is -2.31. The van der Waals surface area contributed by atoms with Gasteiger partial charge >= 0.3 is 6.09 Å². The molecule has 1 aliphatic carbocycles. The van der Waals surface area contributed by atoms with Crippen molar-refractivity contribution in [2.45, 2.75) is 83.1 Å². The van der Waals surface area contributed by atoms with Gasteiger partial charge in [0.25, 0.3) is 0 Å². The van der Waals surface area contributed by atoms with Crippen molar-refractivity contribution >= 4 is 12.0 Å². The first-order chi connectivity index (χ1) is 19.2. The largest absolute Gasteiger partial charge is 0.444 e. The lowest BCUT2D eigenvalue weighted by Crippen LogP contribution is -2.48. The van der Waals surface area contributed by atoms with Crippen LogP contribution in [0.1, 0.15) is 68.3 Å². The maximum absolute atomic E-state index is 13.8. The summed E-state index contributed by atoms with van der Waals surface area (Å²) in [6.45, 7) is 5.41. The second kappa shape index (κ2) is 13.6. The van der Waals surface area contributed by atoms with Crippen LogP contribution in [0, 0.1) is 5.92 Å². The zero-order chi connectivity index (χ0) is 28.5. The van der Waals surface area contributed by atoms with Crippen LogP contribution < -0.4 is 10.6 Å².